The van der Waals surface area contributed by atoms with E-state index in [0.29, 0.717) is 95.4 Å². The van der Waals surface area contributed by atoms with Crippen LogP contribution in [0.4, 0.5) is 24.5 Å². The first-order valence-corrected chi connectivity index (χ1v) is 42.5. The SMILES string of the molecule is Cc1ncsc1-c1ccc([C@H](C)NC(=O)[C@@H]2C[C@@H](O)CN2C(=O)[C@@H](NC(=O)CCCCCCC(=O)N2CCCCN(CC[C@H](CSc3ccccc3)Nc3ccc(S(=O)(=O)NC(=O)c4ccc(N5CCN(CC6=C(c7ccc(Cl)cc7)CCC(C)(C)C6)CC5)cc4)cc3S(=O)(=O)C(F)(F)F)CC2)C(C)(C)C)cc1. The van der Waals surface area contributed by atoms with E-state index in [1.165, 1.54) is 45.5 Å². The van der Waals surface area contributed by atoms with E-state index >= 15 is 0 Å². The summed E-state index contributed by atoms with van der Waals surface area (Å²) in [6, 6.07) is 30.9. The van der Waals surface area contributed by atoms with Gasteiger partial charge in [0.2, 0.25) is 23.6 Å². The maximum absolute atomic E-state index is 14.7. The maximum atomic E-state index is 14.7. The number of aliphatic hydroxyl groups excluding tert-OH is 1. The Morgan fingerprint density at radius 3 is 2.11 bits per heavy atom. The predicted molar refractivity (Wildman–Crippen MR) is 421 cm³/mol. The Kier molecular flexibility index (Phi) is 28.2. The molecule has 10 rings (SSSR count). The summed E-state index contributed by atoms with van der Waals surface area (Å²) in [6.07, 6.45) is 6.86. The van der Waals surface area contributed by atoms with Crippen LogP contribution in [0, 0.1) is 17.8 Å². The fourth-order valence-electron chi connectivity index (χ4n) is 14.6. The average molecular weight is 1580 g/mol. The number of thioether (sulfide) groups is 1. The number of halogens is 4. The number of sulfonamides is 1. The van der Waals surface area contributed by atoms with Crippen molar-refractivity contribution in [2.75, 3.05) is 88.0 Å². The number of nitrogens with zero attached hydrogens (tertiary/aromatic N) is 6. The molecule has 0 radical (unpaired) electrons. The van der Waals surface area contributed by atoms with Crippen molar-refractivity contribution < 1.29 is 59.1 Å². The Morgan fingerprint density at radius 1 is 0.778 bits per heavy atom. The fourth-order valence-corrected chi connectivity index (χ4v) is 18.5. The van der Waals surface area contributed by atoms with Crippen molar-refractivity contribution in [3.05, 3.63) is 160 Å². The van der Waals surface area contributed by atoms with E-state index in [0.717, 1.165) is 96.2 Å². The number of unbranched alkanes of at least 4 members (excludes halogenated alkanes) is 3. The Labute approximate surface area is 647 Å². The van der Waals surface area contributed by atoms with E-state index in [1.807, 2.05) is 111 Å². The standard InChI is InChI=1S/C80H102ClF3N10O10S4/c1-54(56-21-23-58(24-22-56)73-55(2)85-53-106-73)86-76(99)69-47-64(95)51-94(69)77(100)74(78(3,4)5)88-71(96)19-13-8-9-14-20-72(97)93-39-16-15-38-90(41-46-93)40-36-62(52-105-65-17-11-10-12-18-65)87-68-34-33-66(48-70(68)107(101,102)80(82,83)84)108(103,104)89-75(98)59-27-31-63(32-28-59)92-44-42-91(43-45-92)50-60-49-79(6,7)37-35-67(60)57-25-29-61(81)30-26-57/h10-12,17-18,21-34,48,53-54,62,64,69,74,87,95H,8-9,13-16,19-20,35-47,49-52H2,1-7H3,(H,86,99)(H,88,96)(H,89,98)/t54-,62+,64+,69-,74+/m0/s1. The topological polar surface area (TPSA) is 251 Å². The average Bonchev–Trinajstić information content (AvgIpc) is 1.07. The number of hydrogen-bond donors (Lipinski definition) is 5. The van der Waals surface area contributed by atoms with Crippen LogP contribution >= 0.6 is 34.7 Å². The lowest BCUT2D eigenvalue weighted by atomic mass is 9.73. The number of aryl methyl sites for hydroxylation is 1. The summed E-state index contributed by atoms with van der Waals surface area (Å²) >= 11 is 9.19. The maximum Gasteiger partial charge on any atom is 0.501 e. The summed E-state index contributed by atoms with van der Waals surface area (Å²) in [6.45, 7) is 20.3. The van der Waals surface area contributed by atoms with Gasteiger partial charge in [-0.25, -0.2) is 26.5 Å². The van der Waals surface area contributed by atoms with Gasteiger partial charge in [0.05, 0.1) is 38.8 Å². The Hall–Kier alpha value is -7.37. The highest BCUT2D eigenvalue weighted by Crippen LogP contribution is 2.44. The molecule has 3 aliphatic heterocycles. The third kappa shape index (κ3) is 22.2. The quantitative estimate of drug-likeness (QED) is 0.0216. The first-order valence-electron chi connectivity index (χ1n) is 37.3. The number of carbonyl (C=O) groups excluding carboxylic acids is 5. The van der Waals surface area contributed by atoms with Gasteiger partial charge in [-0.05, 0) is 172 Å². The molecule has 0 spiro atoms. The number of nitrogens with one attached hydrogen (secondary N) is 4. The number of piperazine rings is 1. The van der Waals surface area contributed by atoms with E-state index in [9.17, 15) is 59.1 Å². The summed E-state index contributed by atoms with van der Waals surface area (Å²) in [7, 11) is -11.1. The fraction of sp³-hybridized carbons (Fsp3) is 0.500. The molecule has 5 N–H and O–H groups in total. The molecule has 1 aliphatic carbocycles. The number of likely N-dealkylation sites (tertiary alicyclic amines) is 1. The van der Waals surface area contributed by atoms with Gasteiger partial charge in [0.1, 0.15) is 17.0 Å². The number of alkyl halides is 3. The van der Waals surface area contributed by atoms with E-state index in [-0.39, 0.29) is 47.9 Å². The molecular weight excluding hydrogens is 1480 g/mol. The predicted octanol–water partition coefficient (Wildman–Crippen LogP) is 13.6. The molecule has 1 aromatic heterocycles. The monoisotopic (exact) mass is 1580 g/mol. The molecule has 4 aliphatic rings. The van der Waals surface area contributed by atoms with Crippen LogP contribution in [0.1, 0.15) is 158 Å². The van der Waals surface area contributed by atoms with E-state index < -0.39 is 94.3 Å². The number of aromatic nitrogens is 1. The van der Waals surface area contributed by atoms with E-state index in [2.05, 4.69) is 61.6 Å². The minimum Gasteiger partial charge on any atom is -0.391 e. The molecule has 20 nitrogen and oxygen atoms in total. The lowest BCUT2D eigenvalue weighted by Gasteiger charge is -2.39. The van der Waals surface area contributed by atoms with Gasteiger partial charge < -0.3 is 40.7 Å². The van der Waals surface area contributed by atoms with Crippen LogP contribution < -0.4 is 25.6 Å². The number of carbonyl (C=O) groups is 5. The number of sulfone groups is 1. The molecule has 0 saturated carbocycles. The van der Waals surface area contributed by atoms with Gasteiger partial charge in [-0.15, -0.1) is 23.1 Å². The van der Waals surface area contributed by atoms with E-state index in [1.54, 1.807) is 29.0 Å². The van der Waals surface area contributed by atoms with Gasteiger partial charge >= 0.3 is 5.51 Å². The number of thiazole rings is 1. The highest BCUT2D eigenvalue weighted by molar-refractivity contribution is 7.99. The Balaban J connectivity index is 0.694. The van der Waals surface area contributed by atoms with Crippen molar-refractivity contribution in [2.45, 2.75) is 182 Å². The molecular formula is C80H102ClF3N10O10S4. The van der Waals surface area contributed by atoms with Crippen molar-refractivity contribution in [3.8, 4) is 10.4 Å². The van der Waals surface area contributed by atoms with Crippen molar-refractivity contribution in [3.63, 3.8) is 0 Å². The number of hydrogen-bond acceptors (Lipinski definition) is 17. The number of benzene rings is 5. The van der Waals surface area contributed by atoms with Crippen molar-refractivity contribution in [2.24, 2.45) is 10.8 Å². The van der Waals surface area contributed by atoms with Crippen molar-refractivity contribution >= 4 is 101 Å². The molecule has 6 aromatic rings. The molecule has 584 valence electrons. The molecule has 4 heterocycles. The number of anilines is 2. The first kappa shape index (κ1) is 83.1. The van der Waals surface area contributed by atoms with Crippen LogP contribution in [-0.4, -0.2) is 184 Å². The lowest BCUT2D eigenvalue weighted by molar-refractivity contribution is -0.144. The van der Waals surface area contributed by atoms with Crippen LogP contribution in [0.5, 0.6) is 0 Å². The van der Waals surface area contributed by atoms with Gasteiger partial charge in [-0.1, -0.05) is 119 Å². The van der Waals surface area contributed by atoms with Crippen molar-refractivity contribution in [1.82, 2.24) is 39.9 Å². The summed E-state index contributed by atoms with van der Waals surface area (Å²) in [4.78, 5) is 83.1. The first-order chi connectivity index (χ1) is 51.2. The summed E-state index contributed by atoms with van der Waals surface area (Å²) in [5, 5.41) is 20.5. The normalized spacial score (nSPS) is 18.7. The molecule has 3 fully saturated rings. The zero-order valence-corrected chi connectivity index (χ0v) is 66.7. The van der Waals surface area contributed by atoms with Crippen LogP contribution in [0.15, 0.2) is 147 Å². The number of β-amino-alcohol motifs (C(OH)–C–C–N with tert-alkyl or cyclic N) is 1. The van der Waals surface area contributed by atoms with E-state index in [4.69, 9.17) is 11.6 Å². The molecule has 5 amide bonds. The summed E-state index contributed by atoms with van der Waals surface area (Å²) < 4.78 is 101. The van der Waals surface area contributed by atoms with Crippen molar-refractivity contribution in [1.29, 1.82) is 0 Å². The number of amides is 5. The van der Waals surface area contributed by atoms with Crippen LogP contribution in [0.25, 0.3) is 16.0 Å². The minimum absolute atomic E-state index is 0.0132. The molecule has 28 heteroatoms. The number of aliphatic hydroxyl groups is 1. The summed E-state index contributed by atoms with van der Waals surface area (Å²) in [5.41, 5.74) is 2.57. The molecule has 0 unspecified atom stereocenters. The van der Waals surface area contributed by atoms with Gasteiger partial charge in [0.15, 0.2) is 0 Å². The highest BCUT2D eigenvalue weighted by Gasteiger charge is 2.49. The molecule has 3 saturated heterocycles. The minimum atomic E-state index is -6.19. The molecule has 5 atom stereocenters. The third-order valence-corrected chi connectivity index (χ3v) is 26.1. The molecule has 108 heavy (non-hydrogen) atoms. The highest BCUT2D eigenvalue weighted by atomic mass is 35.5. The van der Waals surface area contributed by atoms with Crippen LogP contribution in [0.3, 0.4) is 0 Å². The second kappa shape index (κ2) is 36.6. The zero-order valence-electron chi connectivity index (χ0n) is 62.6. The van der Waals surface area contributed by atoms with Gasteiger partial charge in [-0.3, -0.25) is 28.9 Å². The van der Waals surface area contributed by atoms with Gasteiger partial charge in [0.25, 0.3) is 25.8 Å². The van der Waals surface area contributed by atoms with Crippen LogP contribution in [0.2, 0.25) is 5.02 Å². The number of allylic oxidation sites excluding steroid dienone is 1. The smallest absolute Gasteiger partial charge is 0.391 e. The number of rotatable bonds is 29. The molecule has 5 aromatic carbocycles. The zero-order chi connectivity index (χ0) is 77.7. The Bertz CT molecular complexity index is 4370. The second-order valence-electron chi connectivity index (χ2n) is 30.8. The van der Waals surface area contributed by atoms with Gasteiger partial charge in [-0.2, -0.15) is 13.2 Å². The lowest BCUT2D eigenvalue weighted by Crippen LogP contribution is -2.57. The third-order valence-electron chi connectivity index (χ3n) is 20.9. The Morgan fingerprint density at radius 2 is 1.44 bits per heavy atom. The van der Waals surface area contributed by atoms with Gasteiger partial charge in [0, 0.05) is 118 Å². The second-order valence-corrected chi connectivity index (χ2v) is 36.7. The molecule has 0 bridgehead atoms. The van der Waals surface area contributed by atoms with Crippen LogP contribution in [-0.2, 0) is 39.0 Å². The largest absolute Gasteiger partial charge is 0.501 e. The summed E-state index contributed by atoms with van der Waals surface area (Å²) in [5.74, 6) is -1.98.